The average molecular weight is 212 g/mol. The van der Waals surface area contributed by atoms with Crippen LogP contribution in [-0.2, 0) is 7.05 Å². The summed E-state index contributed by atoms with van der Waals surface area (Å²) in [5, 5.41) is 7.07. The van der Waals surface area contributed by atoms with Crippen LogP contribution in [0.15, 0.2) is 0 Å². The molecule has 0 bridgehead atoms. The van der Waals surface area contributed by atoms with Gasteiger partial charge in [-0.25, -0.2) is 5.10 Å². The molecule has 1 aliphatic rings. The molecule has 4 nitrogen and oxygen atoms in total. The van der Waals surface area contributed by atoms with Gasteiger partial charge in [-0.15, -0.1) is 5.10 Å². The van der Waals surface area contributed by atoms with Gasteiger partial charge in [0, 0.05) is 20.1 Å². The van der Waals surface area contributed by atoms with E-state index in [1.54, 1.807) is 0 Å². The highest BCUT2D eigenvalue weighted by atomic mass is 32.1. The molecule has 78 valence electrons. The largest absolute Gasteiger partial charge is 0.341 e. The van der Waals surface area contributed by atoms with E-state index in [0.717, 1.165) is 25.0 Å². The average Bonchev–Trinajstić information content (AvgIpc) is 2.48. The molecule has 5 heteroatoms. The minimum absolute atomic E-state index is 0.693. The Kier molecular flexibility index (Phi) is 2.58. The SMILES string of the molecule is CC1CCCN(c2n[nH]c(=S)n2C)C1. The van der Waals surface area contributed by atoms with Crippen molar-refractivity contribution in [2.24, 2.45) is 13.0 Å². The van der Waals surface area contributed by atoms with Crippen LogP contribution >= 0.6 is 12.2 Å². The number of rotatable bonds is 1. The Hall–Kier alpha value is -0.840. The number of aromatic amines is 1. The fourth-order valence-electron chi connectivity index (χ4n) is 1.99. The number of hydrogen-bond acceptors (Lipinski definition) is 3. The summed E-state index contributed by atoms with van der Waals surface area (Å²) in [4.78, 5) is 2.31. The smallest absolute Gasteiger partial charge is 0.225 e. The van der Waals surface area contributed by atoms with Crippen molar-refractivity contribution in [1.82, 2.24) is 14.8 Å². The molecule has 1 aromatic heterocycles. The molecular weight excluding hydrogens is 196 g/mol. The topological polar surface area (TPSA) is 36.9 Å². The van der Waals surface area contributed by atoms with E-state index in [4.69, 9.17) is 12.2 Å². The van der Waals surface area contributed by atoms with E-state index in [1.807, 2.05) is 11.6 Å². The fourth-order valence-corrected chi connectivity index (χ4v) is 2.12. The normalized spacial score (nSPS) is 22.7. The lowest BCUT2D eigenvalue weighted by Crippen LogP contribution is -2.35. The lowest BCUT2D eigenvalue weighted by Gasteiger charge is -2.31. The second-order valence-corrected chi connectivity index (χ2v) is 4.47. The molecule has 1 aromatic rings. The molecule has 0 aliphatic carbocycles. The van der Waals surface area contributed by atoms with Crippen molar-refractivity contribution in [3.63, 3.8) is 0 Å². The van der Waals surface area contributed by atoms with Crippen LogP contribution in [0.4, 0.5) is 5.95 Å². The lowest BCUT2D eigenvalue weighted by molar-refractivity contribution is 0.439. The van der Waals surface area contributed by atoms with E-state index in [0.29, 0.717) is 4.77 Å². The zero-order valence-corrected chi connectivity index (χ0v) is 9.47. The summed E-state index contributed by atoms with van der Waals surface area (Å²) >= 11 is 5.09. The van der Waals surface area contributed by atoms with Crippen molar-refractivity contribution in [3.8, 4) is 0 Å². The van der Waals surface area contributed by atoms with Crippen molar-refractivity contribution in [3.05, 3.63) is 4.77 Å². The first-order valence-electron chi connectivity index (χ1n) is 5.05. The van der Waals surface area contributed by atoms with Gasteiger partial charge in [0.1, 0.15) is 0 Å². The zero-order chi connectivity index (χ0) is 10.1. The standard InChI is InChI=1S/C9H16N4S/c1-7-4-3-5-13(6-7)8-10-11-9(14)12(8)2/h7H,3-6H2,1-2H3,(H,11,14). The van der Waals surface area contributed by atoms with Gasteiger partial charge in [0.05, 0.1) is 0 Å². The van der Waals surface area contributed by atoms with Gasteiger partial charge in [-0.3, -0.25) is 4.57 Å². The van der Waals surface area contributed by atoms with Crippen LogP contribution in [-0.4, -0.2) is 27.9 Å². The predicted octanol–water partition coefficient (Wildman–Crippen LogP) is 1.71. The van der Waals surface area contributed by atoms with Crippen molar-refractivity contribution >= 4 is 18.2 Å². The number of aromatic nitrogens is 3. The Morgan fingerprint density at radius 2 is 2.36 bits per heavy atom. The molecule has 0 amide bonds. The maximum absolute atomic E-state index is 5.09. The van der Waals surface area contributed by atoms with E-state index in [9.17, 15) is 0 Å². The minimum atomic E-state index is 0.693. The number of hydrogen-bond donors (Lipinski definition) is 1. The van der Waals surface area contributed by atoms with E-state index >= 15 is 0 Å². The Bertz CT molecular complexity index is 367. The summed E-state index contributed by atoms with van der Waals surface area (Å²) in [6.07, 6.45) is 2.58. The molecule has 1 N–H and O–H groups in total. The highest BCUT2D eigenvalue weighted by molar-refractivity contribution is 7.71. The van der Waals surface area contributed by atoms with Gasteiger partial charge >= 0.3 is 0 Å². The van der Waals surface area contributed by atoms with E-state index in [1.165, 1.54) is 12.8 Å². The van der Waals surface area contributed by atoms with E-state index in [-0.39, 0.29) is 0 Å². The van der Waals surface area contributed by atoms with Crippen LogP contribution in [0.25, 0.3) is 0 Å². The van der Waals surface area contributed by atoms with E-state index < -0.39 is 0 Å². The summed E-state index contributed by atoms with van der Waals surface area (Å²) in [6, 6.07) is 0. The molecule has 2 heterocycles. The summed E-state index contributed by atoms with van der Waals surface area (Å²) in [5.74, 6) is 1.73. The van der Waals surface area contributed by atoms with Crippen LogP contribution in [0.2, 0.25) is 0 Å². The Labute approximate surface area is 88.9 Å². The summed E-state index contributed by atoms with van der Waals surface area (Å²) < 4.78 is 2.63. The Balaban J connectivity index is 2.22. The third-order valence-corrected chi connectivity index (χ3v) is 3.16. The van der Waals surface area contributed by atoms with Crippen LogP contribution in [0, 0.1) is 10.7 Å². The quantitative estimate of drug-likeness (QED) is 0.720. The molecule has 1 saturated heterocycles. The molecular formula is C9H16N4S. The highest BCUT2D eigenvalue weighted by Crippen LogP contribution is 2.20. The zero-order valence-electron chi connectivity index (χ0n) is 8.66. The van der Waals surface area contributed by atoms with Crippen LogP contribution < -0.4 is 4.90 Å². The molecule has 1 atom stereocenters. The third-order valence-electron chi connectivity index (χ3n) is 2.80. The maximum atomic E-state index is 5.09. The molecule has 14 heavy (non-hydrogen) atoms. The fraction of sp³-hybridized carbons (Fsp3) is 0.778. The van der Waals surface area contributed by atoms with Gasteiger partial charge in [-0.2, -0.15) is 0 Å². The Morgan fingerprint density at radius 3 is 2.93 bits per heavy atom. The second-order valence-electron chi connectivity index (χ2n) is 4.08. The summed E-state index contributed by atoms with van der Waals surface area (Å²) in [5.41, 5.74) is 0. The maximum Gasteiger partial charge on any atom is 0.225 e. The molecule has 0 aromatic carbocycles. The van der Waals surface area contributed by atoms with Gasteiger partial charge < -0.3 is 4.90 Å². The first kappa shape index (κ1) is 9.71. The monoisotopic (exact) mass is 212 g/mol. The number of piperidine rings is 1. The minimum Gasteiger partial charge on any atom is -0.341 e. The number of H-pyrrole nitrogens is 1. The molecule has 2 rings (SSSR count). The second kappa shape index (κ2) is 3.73. The number of anilines is 1. The first-order valence-corrected chi connectivity index (χ1v) is 5.45. The van der Waals surface area contributed by atoms with Gasteiger partial charge in [0.15, 0.2) is 4.77 Å². The van der Waals surface area contributed by atoms with Gasteiger partial charge in [-0.05, 0) is 31.0 Å². The van der Waals surface area contributed by atoms with Crippen molar-refractivity contribution in [1.29, 1.82) is 0 Å². The highest BCUT2D eigenvalue weighted by Gasteiger charge is 2.19. The van der Waals surface area contributed by atoms with Gasteiger partial charge in [0.25, 0.3) is 0 Å². The van der Waals surface area contributed by atoms with E-state index in [2.05, 4.69) is 22.0 Å². The van der Waals surface area contributed by atoms with Gasteiger partial charge in [0.2, 0.25) is 5.95 Å². The third kappa shape index (κ3) is 1.68. The predicted molar refractivity (Wildman–Crippen MR) is 59.0 cm³/mol. The number of nitrogens with one attached hydrogen (secondary N) is 1. The summed E-state index contributed by atoms with van der Waals surface area (Å²) in [7, 11) is 1.96. The van der Waals surface area contributed by atoms with Crippen LogP contribution in [0.1, 0.15) is 19.8 Å². The molecule has 1 unspecified atom stereocenters. The molecule has 1 aliphatic heterocycles. The molecule has 0 saturated carbocycles. The van der Waals surface area contributed by atoms with Crippen molar-refractivity contribution < 1.29 is 0 Å². The van der Waals surface area contributed by atoms with Crippen LogP contribution in [0.3, 0.4) is 0 Å². The molecule has 0 spiro atoms. The summed E-state index contributed by atoms with van der Waals surface area (Å²) in [6.45, 7) is 4.47. The Morgan fingerprint density at radius 1 is 1.57 bits per heavy atom. The van der Waals surface area contributed by atoms with Gasteiger partial charge in [-0.1, -0.05) is 6.92 Å². The van der Waals surface area contributed by atoms with Crippen molar-refractivity contribution in [2.45, 2.75) is 19.8 Å². The molecule has 0 radical (unpaired) electrons. The molecule has 1 fully saturated rings. The van der Waals surface area contributed by atoms with Crippen molar-refractivity contribution in [2.75, 3.05) is 18.0 Å². The first-order chi connectivity index (χ1) is 6.68. The number of nitrogens with zero attached hydrogens (tertiary/aromatic N) is 3. The lowest BCUT2D eigenvalue weighted by atomic mass is 10.0. The van der Waals surface area contributed by atoms with Crippen LogP contribution in [0.5, 0.6) is 0 Å².